The maximum absolute atomic E-state index is 11.8. The van der Waals surface area contributed by atoms with Crippen molar-refractivity contribution in [2.75, 3.05) is 7.11 Å². The maximum atomic E-state index is 11.8. The van der Waals surface area contributed by atoms with Gasteiger partial charge in [-0.3, -0.25) is 4.79 Å². The van der Waals surface area contributed by atoms with E-state index < -0.39 is 0 Å². The SMILES string of the molecule is COC1CC(NC(=O)c2cscn2)C1(C)C. The van der Waals surface area contributed by atoms with Crippen LogP contribution in [0.15, 0.2) is 10.9 Å². The minimum atomic E-state index is -0.0890. The van der Waals surface area contributed by atoms with E-state index in [1.54, 1.807) is 18.0 Å². The van der Waals surface area contributed by atoms with Crippen LogP contribution >= 0.6 is 11.3 Å². The average molecular weight is 240 g/mol. The molecule has 1 amide bonds. The van der Waals surface area contributed by atoms with Gasteiger partial charge in [0.05, 0.1) is 11.6 Å². The van der Waals surface area contributed by atoms with Gasteiger partial charge >= 0.3 is 0 Å². The predicted molar refractivity (Wildman–Crippen MR) is 62.6 cm³/mol. The van der Waals surface area contributed by atoms with Crippen molar-refractivity contribution in [2.45, 2.75) is 32.4 Å². The number of nitrogens with zero attached hydrogens (tertiary/aromatic N) is 1. The Morgan fingerprint density at radius 1 is 1.69 bits per heavy atom. The number of rotatable bonds is 3. The number of nitrogens with one attached hydrogen (secondary N) is 1. The Morgan fingerprint density at radius 3 is 2.94 bits per heavy atom. The summed E-state index contributed by atoms with van der Waals surface area (Å²) < 4.78 is 5.34. The van der Waals surface area contributed by atoms with E-state index in [1.165, 1.54) is 11.3 Å². The first kappa shape index (κ1) is 11.5. The van der Waals surface area contributed by atoms with Crippen molar-refractivity contribution in [1.82, 2.24) is 10.3 Å². The minimum absolute atomic E-state index is 0.000428. The van der Waals surface area contributed by atoms with E-state index in [2.05, 4.69) is 24.1 Å². The summed E-state index contributed by atoms with van der Waals surface area (Å²) in [6.07, 6.45) is 1.10. The molecule has 1 aliphatic carbocycles. The highest BCUT2D eigenvalue weighted by atomic mass is 32.1. The number of ether oxygens (including phenoxy) is 1. The van der Waals surface area contributed by atoms with E-state index in [-0.39, 0.29) is 23.5 Å². The lowest BCUT2D eigenvalue weighted by Crippen LogP contribution is -2.61. The highest BCUT2D eigenvalue weighted by Crippen LogP contribution is 2.42. The first-order valence-electron chi connectivity index (χ1n) is 5.27. The molecule has 1 heterocycles. The van der Waals surface area contributed by atoms with Crippen LogP contribution in [0.25, 0.3) is 0 Å². The molecule has 1 aromatic rings. The van der Waals surface area contributed by atoms with Gasteiger partial charge in [-0.1, -0.05) is 13.8 Å². The van der Waals surface area contributed by atoms with Crippen molar-refractivity contribution < 1.29 is 9.53 Å². The molecule has 0 radical (unpaired) electrons. The molecule has 2 atom stereocenters. The Balaban J connectivity index is 1.95. The third-order valence-electron chi connectivity index (χ3n) is 3.43. The van der Waals surface area contributed by atoms with E-state index in [9.17, 15) is 4.79 Å². The molecule has 0 spiro atoms. The molecule has 5 heteroatoms. The smallest absolute Gasteiger partial charge is 0.270 e. The molecule has 0 bridgehead atoms. The maximum Gasteiger partial charge on any atom is 0.270 e. The molecule has 16 heavy (non-hydrogen) atoms. The highest BCUT2D eigenvalue weighted by Gasteiger charge is 2.49. The van der Waals surface area contributed by atoms with Gasteiger partial charge in [-0.15, -0.1) is 11.3 Å². The summed E-state index contributed by atoms with van der Waals surface area (Å²) in [4.78, 5) is 15.8. The second kappa shape index (κ2) is 4.14. The fraction of sp³-hybridized carbons (Fsp3) is 0.636. The van der Waals surface area contributed by atoms with Crippen molar-refractivity contribution in [1.29, 1.82) is 0 Å². The molecule has 1 aromatic heterocycles. The van der Waals surface area contributed by atoms with E-state index in [0.29, 0.717) is 5.69 Å². The summed E-state index contributed by atoms with van der Waals surface area (Å²) in [5.41, 5.74) is 2.17. The van der Waals surface area contributed by atoms with Gasteiger partial charge < -0.3 is 10.1 Å². The third-order valence-corrected chi connectivity index (χ3v) is 4.02. The Labute approximate surface area is 99.0 Å². The van der Waals surface area contributed by atoms with Gasteiger partial charge in [0.25, 0.3) is 5.91 Å². The summed E-state index contributed by atoms with van der Waals surface area (Å²) >= 11 is 1.43. The van der Waals surface area contributed by atoms with Crippen LogP contribution in [0.3, 0.4) is 0 Å². The normalized spacial score (nSPS) is 27.2. The fourth-order valence-electron chi connectivity index (χ4n) is 2.09. The molecule has 0 aromatic carbocycles. The second-order valence-corrected chi connectivity index (χ2v) is 5.40. The van der Waals surface area contributed by atoms with E-state index in [1.807, 2.05) is 0 Å². The Kier molecular flexibility index (Phi) is 2.99. The molecular weight excluding hydrogens is 224 g/mol. The number of aromatic nitrogens is 1. The van der Waals surface area contributed by atoms with Crippen LogP contribution in [-0.2, 0) is 4.74 Å². The molecule has 4 nitrogen and oxygen atoms in total. The van der Waals surface area contributed by atoms with Crippen LogP contribution in [-0.4, -0.2) is 30.1 Å². The van der Waals surface area contributed by atoms with Gasteiger partial charge in [0.1, 0.15) is 5.69 Å². The summed E-state index contributed by atoms with van der Waals surface area (Å²) in [6, 6.07) is 0.173. The van der Waals surface area contributed by atoms with Crippen molar-refractivity contribution in [3.8, 4) is 0 Å². The average Bonchev–Trinajstić information content (AvgIpc) is 2.76. The Morgan fingerprint density at radius 2 is 2.44 bits per heavy atom. The third kappa shape index (κ3) is 1.85. The largest absolute Gasteiger partial charge is 0.381 e. The fourth-order valence-corrected chi connectivity index (χ4v) is 2.62. The first-order chi connectivity index (χ1) is 7.55. The number of hydrogen-bond donors (Lipinski definition) is 1. The summed E-state index contributed by atoms with van der Waals surface area (Å²) in [5, 5.41) is 4.76. The number of amides is 1. The van der Waals surface area contributed by atoms with Crippen LogP contribution in [0, 0.1) is 5.41 Å². The number of carbonyl (C=O) groups excluding carboxylic acids is 1. The van der Waals surface area contributed by atoms with Gasteiger partial charge in [0, 0.05) is 23.9 Å². The van der Waals surface area contributed by atoms with Crippen LogP contribution in [0.4, 0.5) is 0 Å². The minimum Gasteiger partial charge on any atom is -0.381 e. The molecule has 2 unspecified atom stereocenters. The standard InChI is InChI=1S/C11H16N2O2S/c1-11(2)8(4-9(11)15-3)13-10(14)7-5-16-6-12-7/h5-6,8-9H,4H2,1-3H3,(H,13,14). The predicted octanol–water partition coefficient (Wildman–Crippen LogP) is 1.69. The lowest BCUT2D eigenvalue weighted by molar-refractivity contribution is -0.0942. The van der Waals surface area contributed by atoms with Gasteiger partial charge in [0.2, 0.25) is 0 Å². The molecule has 1 saturated carbocycles. The molecule has 0 saturated heterocycles. The van der Waals surface area contributed by atoms with Crippen molar-refractivity contribution >= 4 is 17.2 Å². The molecule has 88 valence electrons. The molecule has 1 N–H and O–H groups in total. The monoisotopic (exact) mass is 240 g/mol. The van der Waals surface area contributed by atoms with E-state index in [4.69, 9.17) is 4.74 Å². The Bertz CT molecular complexity index is 375. The molecule has 1 fully saturated rings. The van der Waals surface area contributed by atoms with Crippen molar-refractivity contribution in [3.63, 3.8) is 0 Å². The second-order valence-electron chi connectivity index (χ2n) is 4.68. The van der Waals surface area contributed by atoms with Crippen LogP contribution in [0.5, 0.6) is 0 Å². The van der Waals surface area contributed by atoms with E-state index in [0.717, 1.165) is 6.42 Å². The van der Waals surface area contributed by atoms with Crippen molar-refractivity contribution in [3.05, 3.63) is 16.6 Å². The number of thiazole rings is 1. The molecule has 2 rings (SSSR count). The molecule has 0 aliphatic heterocycles. The van der Waals surface area contributed by atoms with Crippen molar-refractivity contribution in [2.24, 2.45) is 5.41 Å². The quantitative estimate of drug-likeness (QED) is 0.874. The van der Waals surface area contributed by atoms with E-state index >= 15 is 0 Å². The zero-order valence-electron chi connectivity index (χ0n) is 9.69. The summed E-state index contributed by atoms with van der Waals surface area (Å²) in [5.74, 6) is -0.0890. The lowest BCUT2D eigenvalue weighted by atomic mass is 9.64. The summed E-state index contributed by atoms with van der Waals surface area (Å²) in [7, 11) is 1.71. The van der Waals surface area contributed by atoms with Gasteiger partial charge in [-0.2, -0.15) is 0 Å². The van der Waals surface area contributed by atoms with Crippen LogP contribution in [0.2, 0.25) is 0 Å². The van der Waals surface area contributed by atoms with Gasteiger partial charge in [0.15, 0.2) is 0 Å². The van der Waals surface area contributed by atoms with Crippen LogP contribution < -0.4 is 5.32 Å². The molecule has 1 aliphatic rings. The van der Waals surface area contributed by atoms with Gasteiger partial charge in [-0.25, -0.2) is 4.98 Å². The highest BCUT2D eigenvalue weighted by molar-refractivity contribution is 7.07. The zero-order chi connectivity index (χ0) is 11.8. The lowest BCUT2D eigenvalue weighted by Gasteiger charge is -2.51. The molecular formula is C11H16N2O2S. The summed E-state index contributed by atoms with van der Waals surface area (Å²) in [6.45, 7) is 4.22. The number of carbonyl (C=O) groups is 1. The van der Waals surface area contributed by atoms with Crippen LogP contribution in [0.1, 0.15) is 30.8 Å². The van der Waals surface area contributed by atoms with Gasteiger partial charge in [-0.05, 0) is 6.42 Å². The zero-order valence-corrected chi connectivity index (χ0v) is 10.5. The number of hydrogen-bond acceptors (Lipinski definition) is 4. The Hall–Kier alpha value is -0.940. The first-order valence-corrected chi connectivity index (χ1v) is 6.22. The topological polar surface area (TPSA) is 51.2 Å². The number of methoxy groups -OCH3 is 1.